The highest BCUT2D eigenvalue weighted by atomic mass is 32.1. The highest BCUT2D eigenvalue weighted by Crippen LogP contribution is 2.26. The van der Waals surface area contributed by atoms with E-state index in [0.717, 1.165) is 22.8 Å². The molecule has 0 aliphatic carbocycles. The summed E-state index contributed by atoms with van der Waals surface area (Å²) in [5, 5.41) is 4.16. The Morgan fingerprint density at radius 2 is 2.38 bits per heavy atom. The Hall–Kier alpha value is -1.17. The van der Waals surface area contributed by atoms with Gasteiger partial charge >= 0.3 is 0 Å². The van der Waals surface area contributed by atoms with Gasteiger partial charge in [0.2, 0.25) is 0 Å². The van der Waals surface area contributed by atoms with Crippen LogP contribution in [-0.2, 0) is 11.3 Å². The van der Waals surface area contributed by atoms with Gasteiger partial charge in [-0.3, -0.25) is 0 Å². The summed E-state index contributed by atoms with van der Waals surface area (Å²) in [5.41, 5.74) is 7.71. The third-order valence-electron chi connectivity index (χ3n) is 2.27. The molecule has 0 saturated carbocycles. The number of methoxy groups -OCH3 is 1. The van der Waals surface area contributed by atoms with Gasteiger partial charge in [0.15, 0.2) is 5.13 Å². The summed E-state index contributed by atoms with van der Waals surface area (Å²) in [7, 11) is 1.69. The number of nitrogens with one attached hydrogen (secondary N) is 1. The average molecular weight is 237 g/mol. The van der Waals surface area contributed by atoms with Crippen LogP contribution in [-0.4, -0.2) is 25.2 Å². The summed E-state index contributed by atoms with van der Waals surface area (Å²) in [6.07, 6.45) is 0. The van der Waals surface area contributed by atoms with Crippen molar-refractivity contribution in [2.24, 2.45) is 5.73 Å². The maximum Gasteiger partial charge on any atom is 0.183 e. The number of aromatic nitrogens is 1. The number of nitrogens with zero attached hydrogens (tertiary/aromatic N) is 1. The maximum atomic E-state index is 5.59. The van der Waals surface area contributed by atoms with Crippen LogP contribution in [0.25, 0.3) is 10.2 Å². The van der Waals surface area contributed by atoms with Gasteiger partial charge in [0, 0.05) is 20.2 Å². The van der Waals surface area contributed by atoms with Crippen LogP contribution in [0.2, 0.25) is 0 Å². The van der Waals surface area contributed by atoms with Crippen LogP contribution in [0.3, 0.4) is 0 Å². The lowest BCUT2D eigenvalue weighted by Crippen LogP contribution is -2.06. The van der Waals surface area contributed by atoms with Gasteiger partial charge in [0.05, 0.1) is 16.8 Å². The monoisotopic (exact) mass is 237 g/mol. The fourth-order valence-electron chi connectivity index (χ4n) is 1.44. The topological polar surface area (TPSA) is 60.2 Å². The van der Waals surface area contributed by atoms with E-state index in [1.54, 1.807) is 18.4 Å². The van der Waals surface area contributed by atoms with Crippen molar-refractivity contribution >= 4 is 26.7 Å². The largest absolute Gasteiger partial charge is 0.383 e. The molecule has 86 valence electrons. The molecule has 0 spiro atoms. The molecule has 2 aromatic rings. The number of benzene rings is 1. The van der Waals surface area contributed by atoms with Gasteiger partial charge in [0.25, 0.3) is 0 Å². The molecule has 0 aliphatic heterocycles. The van der Waals surface area contributed by atoms with E-state index in [2.05, 4.69) is 16.4 Å². The van der Waals surface area contributed by atoms with Crippen LogP contribution in [0.1, 0.15) is 5.56 Å². The van der Waals surface area contributed by atoms with Gasteiger partial charge in [-0.1, -0.05) is 17.4 Å². The van der Waals surface area contributed by atoms with Crippen molar-refractivity contribution in [2.45, 2.75) is 6.54 Å². The number of nitrogens with two attached hydrogens (primary N) is 1. The van der Waals surface area contributed by atoms with Crippen molar-refractivity contribution in [3.8, 4) is 0 Å². The molecule has 1 aromatic heterocycles. The van der Waals surface area contributed by atoms with Crippen molar-refractivity contribution < 1.29 is 4.74 Å². The van der Waals surface area contributed by atoms with E-state index < -0.39 is 0 Å². The minimum atomic E-state index is 0.555. The molecule has 0 saturated heterocycles. The molecule has 1 aromatic carbocycles. The second-order valence-electron chi connectivity index (χ2n) is 3.44. The lowest BCUT2D eigenvalue weighted by molar-refractivity contribution is 0.211. The van der Waals surface area contributed by atoms with Gasteiger partial charge < -0.3 is 15.8 Å². The van der Waals surface area contributed by atoms with Crippen molar-refractivity contribution in [1.29, 1.82) is 0 Å². The minimum Gasteiger partial charge on any atom is -0.383 e. The molecule has 3 N–H and O–H groups in total. The minimum absolute atomic E-state index is 0.555. The normalized spacial score (nSPS) is 10.9. The molecule has 0 unspecified atom stereocenters. The van der Waals surface area contributed by atoms with Crippen LogP contribution < -0.4 is 11.1 Å². The molecular weight excluding hydrogens is 222 g/mol. The molecular formula is C11H15N3OS. The van der Waals surface area contributed by atoms with Crippen molar-refractivity contribution in [3.63, 3.8) is 0 Å². The molecule has 4 nitrogen and oxygen atoms in total. The number of hydrogen-bond acceptors (Lipinski definition) is 5. The predicted molar refractivity (Wildman–Crippen MR) is 67.9 cm³/mol. The Balaban J connectivity index is 2.16. The number of anilines is 1. The zero-order chi connectivity index (χ0) is 11.4. The fourth-order valence-corrected chi connectivity index (χ4v) is 2.31. The number of thiazole rings is 1. The third-order valence-corrected chi connectivity index (χ3v) is 3.26. The molecule has 0 bridgehead atoms. The zero-order valence-electron chi connectivity index (χ0n) is 9.19. The van der Waals surface area contributed by atoms with E-state index in [1.165, 1.54) is 4.70 Å². The standard InChI is InChI=1S/C11H15N3OS/c1-15-5-4-13-11-14-9-6-8(7-12)2-3-10(9)16-11/h2-3,6H,4-5,7,12H2,1H3,(H,13,14). The fraction of sp³-hybridized carbons (Fsp3) is 0.364. The van der Waals surface area contributed by atoms with E-state index in [0.29, 0.717) is 13.2 Å². The quantitative estimate of drug-likeness (QED) is 0.779. The molecule has 1 heterocycles. The first-order valence-corrected chi connectivity index (χ1v) is 5.97. The highest BCUT2D eigenvalue weighted by Gasteiger charge is 2.03. The maximum absolute atomic E-state index is 5.59. The number of ether oxygens (including phenoxy) is 1. The molecule has 0 radical (unpaired) electrons. The lowest BCUT2D eigenvalue weighted by Gasteiger charge is -1.99. The van der Waals surface area contributed by atoms with Gasteiger partial charge in [-0.2, -0.15) is 0 Å². The Labute approximate surface area is 98.4 Å². The van der Waals surface area contributed by atoms with Gasteiger partial charge in [0.1, 0.15) is 0 Å². The Morgan fingerprint density at radius 1 is 1.50 bits per heavy atom. The lowest BCUT2D eigenvalue weighted by atomic mass is 10.2. The predicted octanol–water partition coefficient (Wildman–Crippen LogP) is 1.81. The van der Waals surface area contributed by atoms with E-state index >= 15 is 0 Å². The van der Waals surface area contributed by atoms with Gasteiger partial charge in [-0.05, 0) is 17.7 Å². The van der Waals surface area contributed by atoms with Crippen LogP contribution in [0.15, 0.2) is 18.2 Å². The SMILES string of the molecule is COCCNc1nc2cc(CN)ccc2s1. The first-order valence-electron chi connectivity index (χ1n) is 5.16. The Kier molecular flexibility index (Phi) is 3.71. The van der Waals surface area contributed by atoms with Crippen LogP contribution in [0, 0.1) is 0 Å². The second kappa shape index (κ2) is 5.25. The van der Waals surface area contributed by atoms with E-state index in [9.17, 15) is 0 Å². The first-order chi connectivity index (χ1) is 7.83. The molecule has 0 amide bonds. The van der Waals surface area contributed by atoms with Crippen LogP contribution in [0.5, 0.6) is 0 Å². The van der Waals surface area contributed by atoms with E-state index in [1.807, 2.05) is 12.1 Å². The Morgan fingerprint density at radius 3 is 3.12 bits per heavy atom. The molecule has 5 heteroatoms. The summed E-state index contributed by atoms with van der Waals surface area (Å²) < 4.78 is 6.15. The highest BCUT2D eigenvalue weighted by molar-refractivity contribution is 7.22. The molecule has 0 atom stereocenters. The summed E-state index contributed by atoms with van der Waals surface area (Å²) in [6, 6.07) is 6.14. The van der Waals surface area contributed by atoms with Gasteiger partial charge in [-0.15, -0.1) is 0 Å². The van der Waals surface area contributed by atoms with E-state index in [-0.39, 0.29) is 0 Å². The van der Waals surface area contributed by atoms with E-state index in [4.69, 9.17) is 10.5 Å². The summed E-state index contributed by atoms with van der Waals surface area (Å²) in [4.78, 5) is 4.49. The Bertz CT molecular complexity index is 469. The first kappa shape index (κ1) is 11.3. The number of rotatable bonds is 5. The number of hydrogen-bond donors (Lipinski definition) is 2. The summed E-state index contributed by atoms with van der Waals surface area (Å²) in [6.45, 7) is 2.02. The molecule has 2 rings (SSSR count). The number of fused-ring (bicyclic) bond motifs is 1. The smallest absolute Gasteiger partial charge is 0.183 e. The molecule has 16 heavy (non-hydrogen) atoms. The van der Waals surface area contributed by atoms with Crippen molar-refractivity contribution in [1.82, 2.24) is 4.98 Å². The summed E-state index contributed by atoms with van der Waals surface area (Å²) in [5.74, 6) is 0. The van der Waals surface area contributed by atoms with Crippen LogP contribution >= 0.6 is 11.3 Å². The third kappa shape index (κ3) is 2.49. The average Bonchev–Trinajstić information content (AvgIpc) is 2.70. The van der Waals surface area contributed by atoms with Crippen molar-refractivity contribution in [2.75, 3.05) is 25.6 Å². The van der Waals surface area contributed by atoms with Gasteiger partial charge in [-0.25, -0.2) is 4.98 Å². The molecule has 0 aliphatic rings. The summed E-state index contributed by atoms with van der Waals surface area (Å²) >= 11 is 1.65. The van der Waals surface area contributed by atoms with Crippen molar-refractivity contribution in [3.05, 3.63) is 23.8 Å². The zero-order valence-corrected chi connectivity index (χ0v) is 10.0. The second-order valence-corrected chi connectivity index (χ2v) is 4.48. The van der Waals surface area contributed by atoms with Crippen LogP contribution in [0.4, 0.5) is 5.13 Å². The molecule has 0 fully saturated rings.